The van der Waals surface area contributed by atoms with Crippen LogP contribution in [0.15, 0.2) is 18.2 Å². The highest BCUT2D eigenvalue weighted by Gasteiger charge is 2.26. The van der Waals surface area contributed by atoms with Gasteiger partial charge in [0.05, 0.1) is 18.8 Å². The lowest BCUT2D eigenvalue weighted by Crippen LogP contribution is -2.49. The first-order valence-electron chi connectivity index (χ1n) is 7.52. The van der Waals surface area contributed by atoms with Gasteiger partial charge in [-0.25, -0.2) is 4.98 Å². The molecule has 0 bridgehead atoms. The average molecular weight is 277 g/mol. The second kappa shape index (κ2) is 6.00. The smallest absolute Gasteiger partial charge is 0.131 e. The van der Waals surface area contributed by atoms with E-state index in [4.69, 9.17) is 9.72 Å². The number of nitrogens with one attached hydrogen (secondary N) is 1. The molecule has 0 spiro atoms. The summed E-state index contributed by atoms with van der Waals surface area (Å²) in [4.78, 5) is 7.15. The normalized spacial score (nSPS) is 23.8. The fourth-order valence-electron chi connectivity index (χ4n) is 2.50. The second-order valence-electron chi connectivity index (χ2n) is 6.61. The molecule has 0 aliphatic carbocycles. The van der Waals surface area contributed by atoms with Gasteiger partial charge in [-0.3, -0.25) is 0 Å². The fourth-order valence-corrected chi connectivity index (χ4v) is 2.50. The van der Waals surface area contributed by atoms with E-state index in [9.17, 15) is 0 Å². The quantitative estimate of drug-likeness (QED) is 0.920. The third-order valence-electron chi connectivity index (χ3n) is 3.47. The van der Waals surface area contributed by atoms with Crippen molar-refractivity contribution in [2.24, 2.45) is 0 Å². The van der Waals surface area contributed by atoms with Crippen LogP contribution < -0.4 is 10.2 Å². The molecule has 112 valence electrons. The van der Waals surface area contributed by atoms with Gasteiger partial charge in [0.25, 0.3) is 0 Å². The second-order valence-corrected chi connectivity index (χ2v) is 6.61. The molecule has 0 aromatic carbocycles. The van der Waals surface area contributed by atoms with E-state index in [-0.39, 0.29) is 11.6 Å². The molecule has 1 saturated heterocycles. The molecule has 1 aliphatic rings. The zero-order valence-corrected chi connectivity index (χ0v) is 13.3. The molecule has 1 aromatic rings. The van der Waals surface area contributed by atoms with Gasteiger partial charge in [0.1, 0.15) is 11.6 Å². The molecular weight excluding hydrogens is 250 g/mol. The average Bonchev–Trinajstić information content (AvgIpc) is 2.37. The Hall–Kier alpha value is -1.29. The van der Waals surface area contributed by atoms with Gasteiger partial charge in [-0.05, 0) is 46.2 Å². The summed E-state index contributed by atoms with van der Waals surface area (Å²) in [6.45, 7) is 12.5. The van der Waals surface area contributed by atoms with Gasteiger partial charge < -0.3 is 15.0 Å². The number of hydrogen-bond donors (Lipinski definition) is 1. The van der Waals surface area contributed by atoms with Crippen LogP contribution in [0, 0.1) is 0 Å². The lowest BCUT2D eigenvalue weighted by Gasteiger charge is -2.39. The Morgan fingerprint density at radius 2 is 2.15 bits per heavy atom. The Morgan fingerprint density at radius 1 is 1.40 bits per heavy atom. The van der Waals surface area contributed by atoms with Crippen LogP contribution in [0.3, 0.4) is 0 Å². The molecule has 2 unspecified atom stereocenters. The Kier molecular flexibility index (Phi) is 4.53. The Labute approximate surface area is 122 Å². The van der Waals surface area contributed by atoms with Gasteiger partial charge in [-0.2, -0.15) is 0 Å². The van der Waals surface area contributed by atoms with Gasteiger partial charge in [0.2, 0.25) is 0 Å². The van der Waals surface area contributed by atoms with Crippen molar-refractivity contribution < 1.29 is 4.74 Å². The monoisotopic (exact) mass is 277 g/mol. The van der Waals surface area contributed by atoms with E-state index < -0.39 is 0 Å². The first kappa shape index (κ1) is 15.1. The number of hydrogen-bond acceptors (Lipinski definition) is 4. The highest BCUT2D eigenvalue weighted by molar-refractivity contribution is 5.49. The van der Waals surface area contributed by atoms with Gasteiger partial charge in [-0.15, -0.1) is 0 Å². The Balaban J connectivity index is 2.20. The Morgan fingerprint density at radius 3 is 2.80 bits per heavy atom. The highest BCUT2D eigenvalue weighted by atomic mass is 16.5. The number of aromatic nitrogens is 1. The van der Waals surface area contributed by atoms with Crippen LogP contribution in [-0.4, -0.2) is 35.8 Å². The summed E-state index contributed by atoms with van der Waals surface area (Å²) in [6.07, 6.45) is 1.34. The van der Waals surface area contributed by atoms with Crippen molar-refractivity contribution >= 4 is 11.6 Å². The molecule has 2 atom stereocenters. The first-order chi connectivity index (χ1) is 9.39. The third kappa shape index (κ3) is 3.85. The third-order valence-corrected chi connectivity index (χ3v) is 3.47. The van der Waals surface area contributed by atoms with Crippen LogP contribution in [0.5, 0.6) is 0 Å². The Bertz CT molecular complexity index is 442. The number of pyridine rings is 1. The molecular formula is C16H27N3O. The van der Waals surface area contributed by atoms with Crippen molar-refractivity contribution in [2.45, 2.75) is 58.7 Å². The molecule has 0 amide bonds. The summed E-state index contributed by atoms with van der Waals surface area (Å²) < 4.78 is 5.76. The van der Waals surface area contributed by atoms with E-state index in [1.807, 2.05) is 6.07 Å². The van der Waals surface area contributed by atoms with Crippen LogP contribution >= 0.6 is 0 Å². The predicted octanol–water partition coefficient (Wildman–Crippen LogP) is 3.30. The van der Waals surface area contributed by atoms with Crippen molar-refractivity contribution in [1.82, 2.24) is 4.98 Å². The molecule has 2 heterocycles. The van der Waals surface area contributed by atoms with Crippen LogP contribution in [0.2, 0.25) is 0 Å². The summed E-state index contributed by atoms with van der Waals surface area (Å²) in [6, 6.07) is 6.61. The minimum absolute atomic E-state index is 0.0219. The standard InChI is InChI=1S/C16H27N3O/c1-6-13-11-20-12(2)10-19(13)15-9-7-8-14(17-15)18-16(3,4)5/h7-9,12-13H,6,10-11H2,1-5H3,(H,17,18). The molecule has 1 aromatic heterocycles. The van der Waals surface area contributed by atoms with E-state index in [0.29, 0.717) is 6.04 Å². The topological polar surface area (TPSA) is 37.4 Å². The first-order valence-corrected chi connectivity index (χ1v) is 7.52. The van der Waals surface area contributed by atoms with Crippen molar-refractivity contribution in [2.75, 3.05) is 23.4 Å². The minimum Gasteiger partial charge on any atom is -0.375 e. The van der Waals surface area contributed by atoms with Gasteiger partial charge in [0.15, 0.2) is 0 Å². The number of nitrogens with zero attached hydrogens (tertiary/aromatic N) is 2. The predicted molar refractivity (Wildman–Crippen MR) is 84.5 cm³/mol. The summed E-state index contributed by atoms with van der Waals surface area (Å²) in [5.74, 6) is 1.98. The van der Waals surface area contributed by atoms with Crippen LogP contribution in [0.25, 0.3) is 0 Å². The minimum atomic E-state index is 0.0219. The SMILES string of the molecule is CCC1COC(C)CN1c1cccc(NC(C)(C)C)n1. The maximum atomic E-state index is 5.76. The zero-order chi connectivity index (χ0) is 14.8. The van der Waals surface area contributed by atoms with Crippen LogP contribution in [-0.2, 0) is 4.74 Å². The van der Waals surface area contributed by atoms with Crippen LogP contribution in [0.4, 0.5) is 11.6 Å². The van der Waals surface area contributed by atoms with Crippen LogP contribution in [0.1, 0.15) is 41.0 Å². The molecule has 1 fully saturated rings. The summed E-state index contributed by atoms with van der Waals surface area (Å²) >= 11 is 0. The fraction of sp³-hybridized carbons (Fsp3) is 0.688. The zero-order valence-electron chi connectivity index (χ0n) is 13.3. The summed E-state index contributed by atoms with van der Waals surface area (Å²) in [5, 5.41) is 3.44. The number of anilines is 2. The molecule has 4 nitrogen and oxygen atoms in total. The van der Waals surface area contributed by atoms with E-state index >= 15 is 0 Å². The van der Waals surface area contributed by atoms with E-state index in [1.54, 1.807) is 0 Å². The van der Waals surface area contributed by atoms with Gasteiger partial charge in [0, 0.05) is 12.1 Å². The summed E-state index contributed by atoms with van der Waals surface area (Å²) in [7, 11) is 0. The number of morpholine rings is 1. The lowest BCUT2D eigenvalue weighted by molar-refractivity contribution is 0.0296. The lowest BCUT2D eigenvalue weighted by atomic mass is 10.1. The molecule has 20 heavy (non-hydrogen) atoms. The molecule has 0 radical (unpaired) electrons. The van der Waals surface area contributed by atoms with Crippen molar-refractivity contribution in [3.63, 3.8) is 0 Å². The molecule has 2 rings (SSSR count). The van der Waals surface area contributed by atoms with Gasteiger partial charge >= 0.3 is 0 Å². The molecule has 4 heteroatoms. The van der Waals surface area contributed by atoms with Crippen molar-refractivity contribution in [1.29, 1.82) is 0 Å². The van der Waals surface area contributed by atoms with Crippen molar-refractivity contribution in [3.8, 4) is 0 Å². The highest BCUT2D eigenvalue weighted by Crippen LogP contribution is 2.23. The maximum Gasteiger partial charge on any atom is 0.131 e. The molecule has 0 saturated carbocycles. The van der Waals surface area contributed by atoms with E-state index in [2.05, 4.69) is 57.0 Å². The number of ether oxygens (including phenoxy) is 1. The number of rotatable bonds is 3. The maximum absolute atomic E-state index is 5.76. The van der Waals surface area contributed by atoms with E-state index in [0.717, 1.165) is 31.2 Å². The molecule has 1 aliphatic heterocycles. The summed E-state index contributed by atoms with van der Waals surface area (Å²) in [5.41, 5.74) is 0.0219. The molecule has 1 N–H and O–H groups in total. The van der Waals surface area contributed by atoms with Crippen molar-refractivity contribution in [3.05, 3.63) is 18.2 Å². The van der Waals surface area contributed by atoms with Gasteiger partial charge in [-0.1, -0.05) is 13.0 Å². The van der Waals surface area contributed by atoms with E-state index in [1.165, 1.54) is 0 Å². The largest absolute Gasteiger partial charge is 0.375 e.